The van der Waals surface area contributed by atoms with Gasteiger partial charge in [0, 0.05) is 12.2 Å². The van der Waals surface area contributed by atoms with Gasteiger partial charge in [-0.1, -0.05) is 11.8 Å². The number of anilines is 2. The highest BCUT2D eigenvalue weighted by Crippen LogP contribution is 2.32. The first-order chi connectivity index (χ1) is 14.0. The molecule has 150 valence electrons. The lowest BCUT2D eigenvalue weighted by molar-refractivity contribution is -0.122. The van der Waals surface area contributed by atoms with Gasteiger partial charge in [-0.3, -0.25) is 14.2 Å². The van der Waals surface area contributed by atoms with Gasteiger partial charge in [0.1, 0.15) is 5.75 Å². The third kappa shape index (κ3) is 3.97. The van der Waals surface area contributed by atoms with E-state index in [0.29, 0.717) is 40.4 Å². The van der Waals surface area contributed by atoms with Gasteiger partial charge < -0.3 is 19.8 Å². The third-order valence-electron chi connectivity index (χ3n) is 4.30. The maximum Gasteiger partial charge on any atom is 0.265 e. The number of carbonyl (C=O) groups is 2. The number of fused-ring (bicyclic) bond motifs is 1. The number of nitrogens with one attached hydrogen (secondary N) is 2. The minimum absolute atomic E-state index is 0.160. The van der Waals surface area contributed by atoms with Crippen LogP contribution in [0.3, 0.4) is 0 Å². The number of hydrogen-bond donors (Lipinski definition) is 2. The number of benzene rings is 1. The Kier molecular flexibility index (Phi) is 5.26. The minimum Gasteiger partial charge on any atom is -0.479 e. The van der Waals surface area contributed by atoms with E-state index in [-0.39, 0.29) is 17.6 Å². The maximum absolute atomic E-state index is 12.4. The van der Waals surface area contributed by atoms with E-state index in [4.69, 9.17) is 9.15 Å². The molecule has 3 aromatic rings. The van der Waals surface area contributed by atoms with E-state index in [1.807, 2.05) is 17.6 Å². The topological polar surface area (TPSA) is 111 Å². The molecule has 29 heavy (non-hydrogen) atoms. The monoisotopic (exact) mass is 413 g/mol. The van der Waals surface area contributed by atoms with Gasteiger partial charge >= 0.3 is 0 Å². The Labute approximate surface area is 170 Å². The van der Waals surface area contributed by atoms with Gasteiger partial charge in [0.25, 0.3) is 5.91 Å². The maximum atomic E-state index is 12.4. The molecule has 2 amide bonds. The van der Waals surface area contributed by atoms with Crippen LogP contribution in [0.1, 0.15) is 13.8 Å². The van der Waals surface area contributed by atoms with E-state index in [1.54, 1.807) is 37.5 Å². The van der Waals surface area contributed by atoms with Crippen LogP contribution in [0.2, 0.25) is 0 Å². The second-order valence-corrected chi connectivity index (χ2v) is 7.27. The summed E-state index contributed by atoms with van der Waals surface area (Å²) in [6.45, 7) is 4.30. The number of thioether (sulfide) groups is 1. The molecule has 2 aromatic heterocycles. The summed E-state index contributed by atoms with van der Waals surface area (Å²) in [4.78, 5) is 24.1. The third-order valence-corrected chi connectivity index (χ3v) is 5.27. The van der Waals surface area contributed by atoms with Crippen LogP contribution >= 0.6 is 11.8 Å². The van der Waals surface area contributed by atoms with E-state index in [0.717, 1.165) is 0 Å². The van der Waals surface area contributed by atoms with Crippen molar-refractivity contribution in [3.05, 3.63) is 36.6 Å². The number of carbonyl (C=O) groups excluding carboxylic acids is 2. The van der Waals surface area contributed by atoms with E-state index in [1.165, 1.54) is 11.8 Å². The molecular weight excluding hydrogens is 394 g/mol. The molecular formula is C19H19N5O4S. The number of hydrogen-bond acceptors (Lipinski definition) is 7. The van der Waals surface area contributed by atoms with E-state index < -0.39 is 6.10 Å². The fourth-order valence-electron chi connectivity index (χ4n) is 2.88. The van der Waals surface area contributed by atoms with Crippen LogP contribution in [-0.2, 0) is 16.1 Å². The average molecular weight is 413 g/mol. The van der Waals surface area contributed by atoms with Gasteiger partial charge in [-0.15, -0.1) is 10.2 Å². The molecule has 9 nitrogen and oxygen atoms in total. The highest BCUT2D eigenvalue weighted by molar-refractivity contribution is 7.99. The molecule has 2 N–H and O–H groups in total. The highest BCUT2D eigenvalue weighted by Gasteiger charge is 2.23. The lowest BCUT2D eigenvalue weighted by Crippen LogP contribution is -2.34. The number of furan rings is 1. The largest absolute Gasteiger partial charge is 0.479 e. The Morgan fingerprint density at radius 1 is 1.34 bits per heavy atom. The smallest absolute Gasteiger partial charge is 0.265 e. The summed E-state index contributed by atoms with van der Waals surface area (Å²) in [6, 6.07) is 8.73. The zero-order chi connectivity index (χ0) is 20.4. The summed E-state index contributed by atoms with van der Waals surface area (Å²) in [6.07, 6.45) is 1.04. The summed E-state index contributed by atoms with van der Waals surface area (Å²) in [7, 11) is 0. The van der Waals surface area contributed by atoms with Crippen LogP contribution in [0.25, 0.3) is 11.6 Å². The molecule has 1 aromatic carbocycles. The molecule has 0 spiro atoms. The Morgan fingerprint density at radius 3 is 2.97 bits per heavy atom. The highest BCUT2D eigenvalue weighted by atomic mass is 32.2. The quantitative estimate of drug-likeness (QED) is 0.598. The van der Waals surface area contributed by atoms with E-state index in [2.05, 4.69) is 20.8 Å². The minimum atomic E-state index is -0.540. The van der Waals surface area contributed by atoms with E-state index in [9.17, 15) is 9.59 Å². The van der Waals surface area contributed by atoms with Crippen molar-refractivity contribution in [2.24, 2.45) is 0 Å². The summed E-state index contributed by atoms with van der Waals surface area (Å²) in [5, 5.41) is 14.5. The summed E-state index contributed by atoms with van der Waals surface area (Å²) >= 11 is 1.29. The molecule has 1 atom stereocenters. The van der Waals surface area contributed by atoms with Crippen molar-refractivity contribution in [2.45, 2.75) is 31.7 Å². The Hall–Kier alpha value is -3.27. The molecule has 0 fully saturated rings. The molecule has 3 heterocycles. The fraction of sp³-hybridized carbons (Fsp3) is 0.263. The average Bonchev–Trinajstić information content (AvgIpc) is 3.36. The molecule has 0 saturated heterocycles. The van der Waals surface area contributed by atoms with Crippen LogP contribution in [0, 0.1) is 0 Å². The molecule has 0 saturated carbocycles. The normalized spacial score (nSPS) is 15.4. The van der Waals surface area contributed by atoms with Gasteiger partial charge in [0.15, 0.2) is 22.8 Å². The van der Waals surface area contributed by atoms with Gasteiger partial charge in [-0.05, 0) is 44.2 Å². The van der Waals surface area contributed by atoms with Crippen LogP contribution in [0.4, 0.5) is 11.4 Å². The number of nitrogens with zero attached hydrogens (tertiary/aromatic N) is 3. The number of aromatic nitrogens is 3. The van der Waals surface area contributed by atoms with Crippen molar-refractivity contribution >= 4 is 35.0 Å². The van der Waals surface area contributed by atoms with Gasteiger partial charge in [0.05, 0.1) is 17.7 Å². The lowest BCUT2D eigenvalue weighted by Gasteiger charge is -2.23. The molecule has 4 rings (SSSR count). The van der Waals surface area contributed by atoms with Crippen LogP contribution in [0.15, 0.2) is 46.2 Å². The molecule has 0 unspecified atom stereocenters. The van der Waals surface area contributed by atoms with E-state index >= 15 is 0 Å². The van der Waals surface area contributed by atoms with Gasteiger partial charge in [0.2, 0.25) is 5.91 Å². The Bertz CT molecular complexity index is 1050. The van der Waals surface area contributed by atoms with Crippen LogP contribution < -0.4 is 15.4 Å². The lowest BCUT2D eigenvalue weighted by atomic mass is 10.2. The number of amides is 2. The summed E-state index contributed by atoms with van der Waals surface area (Å²) in [5.74, 6) is 1.57. The molecule has 1 aliphatic rings. The summed E-state index contributed by atoms with van der Waals surface area (Å²) in [5.41, 5.74) is 1.11. The van der Waals surface area contributed by atoms with Crippen LogP contribution in [0.5, 0.6) is 5.75 Å². The molecule has 10 heteroatoms. The first kappa shape index (κ1) is 19.1. The first-order valence-electron chi connectivity index (χ1n) is 9.06. The summed E-state index contributed by atoms with van der Waals surface area (Å²) < 4.78 is 12.8. The second-order valence-electron chi connectivity index (χ2n) is 6.32. The second kappa shape index (κ2) is 8.00. The molecule has 0 radical (unpaired) electrons. The predicted octanol–water partition coefficient (Wildman–Crippen LogP) is 3.01. The molecule has 0 aliphatic carbocycles. The van der Waals surface area contributed by atoms with Crippen molar-refractivity contribution in [2.75, 3.05) is 16.4 Å². The van der Waals surface area contributed by atoms with Crippen molar-refractivity contribution in [1.82, 2.24) is 14.8 Å². The van der Waals surface area contributed by atoms with Crippen LogP contribution in [-0.4, -0.2) is 38.4 Å². The molecule has 0 bridgehead atoms. The Balaban J connectivity index is 1.40. The standard InChI is InChI=1S/C19H19N5O4S/c1-3-24-17(15-5-4-8-27-15)22-23-19(24)29-10-16(25)20-12-6-7-14-13(9-12)21-18(26)11(2)28-14/h4-9,11H,3,10H2,1-2H3,(H,20,25)(H,21,26)/t11-/m1/s1. The number of ether oxygens (including phenoxy) is 1. The fourth-order valence-corrected chi connectivity index (χ4v) is 3.68. The Morgan fingerprint density at radius 2 is 2.21 bits per heavy atom. The van der Waals surface area contributed by atoms with Gasteiger partial charge in [-0.2, -0.15) is 0 Å². The zero-order valence-electron chi connectivity index (χ0n) is 15.8. The van der Waals surface area contributed by atoms with Crippen molar-refractivity contribution in [3.63, 3.8) is 0 Å². The SMILES string of the molecule is CCn1c(SCC(=O)Nc2ccc3c(c2)NC(=O)[C@@H](C)O3)nnc1-c1ccco1. The van der Waals surface area contributed by atoms with Gasteiger partial charge in [-0.25, -0.2) is 0 Å². The van der Waals surface area contributed by atoms with Crippen molar-refractivity contribution in [1.29, 1.82) is 0 Å². The first-order valence-corrected chi connectivity index (χ1v) is 10.0. The van der Waals surface area contributed by atoms with Crippen molar-refractivity contribution in [3.8, 4) is 17.3 Å². The molecule has 1 aliphatic heterocycles. The predicted molar refractivity (Wildman–Crippen MR) is 108 cm³/mol. The van der Waals surface area contributed by atoms with Crippen molar-refractivity contribution < 1.29 is 18.7 Å². The number of rotatable bonds is 6. The zero-order valence-corrected chi connectivity index (χ0v) is 16.7.